The van der Waals surface area contributed by atoms with Crippen LogP contribution in [0.1, 0.15) is 25.0 Å². The molecule has 0 saturated carbocycles. The van der Waals surface area contributed by atoms with Gasteiger partial charge in [0.05, 0.1) is 18.5 Å². The van der Waals surface area contributed by atoms with Crippen LogP contribution in [0.4, 0.5) is 0 Å². The summed E-state index contributed by atoms with van der Waals surface area (Å²) in [4.78, 5) is 0. The van der Waals surface area contributed by atoms with Crippen LogP contribution in [0.15, 0.2) is 24.3 Å². The number of benzene rings is 1. The van der Waals surface area contributed by atoms with Crippen molar-refractivity contribution in [2.75, 3.05) is 18.6 Å². The third-order valence-corrected chi connectivity index (χ3v) is 3.32. The van der Waals surface area contributed by atoms with Gasteiger partial charge in [0.1, 0.15) is 15.6 Å². The SMILES string of the molecule is CCOc1ccc(C(O)CCS(C)(=O)=O)cc1. The largest absolute Gasteiger partial charge is 0.494 e. The lowest BCUT2D eigenvalue weighted by atomic mass is 10.1. The van der Waals surface area contributed by atoms with Crippen molar-refractivity contribution in [3.05, 3.63) is 29.8 Å². The fraction of sp³-hybridized carbons (Fsp3) is 0.500. The van der Waals surface area contributed by atoms with E-state index < -0.39 is 15.9 Å². The monoisotopic (exact) mass is 258 g/mol. The van der Waals surface area contributed by atoms with E-state index in [-0.39, 0.29) is 12.2 Å². The van der Waals surface area contributed by atoms with E-state index in [9.17, 15) is 13.5 Å². The highest BCUT2D eigenvalue weighted by molar-refractivity contribution is 7.90. The summed E-state index contributed by atoms with van der Waals surface area (Å²) in [6.45, 7) is 2.49. The Balaban J connectivity index is 2.60. The quantitative estimate of drug-likeness (QED) is 0.841. The molecule has 0 bridgehead atoms. The van der Waals surface area contributed by atoms with E-state index >= 15 is 0 Å². The van der Waals surface area contributed by atoms with Gasteiger partial charge in [0.15, 0.2) is 0 Å². The molecular weight excluding hydrogens is 240 g/mol. The van der Waals surface area contributed by atoms with Crippen molar-refractivity contribution in [3.63, 3.8) is 0 Å². The molecule has 0 aromatic heterocycles. The second-order valence-electron chi connectivity index (χ2n) is 3.94. The standard InChI is InChI=1S/C12H18O4S/c1-3-16-11-6-4-10(5-7-11)12(13)8-9-17(2,14)15/h4-7,12-13H,3,8-9H2,1-2H3. The summed E-state index contributed by atoms with van der Waals surface area (Å²) in [6.07, 6.45) is 0.630. The predicted molar refractivity (Wildman–Crippen MR) is 66.9 cm³/mol. The molecule has 17 heavy (non-hydrogen) atoms. The van der Waals surface area contributed by atoms with Gasteiger partial charge in [-0.3, -0.25) is 0 Å². The van der Waals surface area contributed by atoms with Crippen molar-refractivity contribution in [2.45, 2.75) is 19.4 Å². The molecule has 0 fully saturated rings. The van der Waals surface area contributed by atoms with E-state index in [4.69, 9.17) is 4.74 Å². The molecule has 1 atom stereocenters. The third kappa shape index (κ3) is 5.19. The second kappa shape index (κ2) is 6.02. The van der Waals surface area contributed by atoms with Gasteiger partial charge in [-0.2, -0.15) is 0 Å². The molecule has 0 aliphatic carbocycles. The van der Waals surface area contributed by atoms with Gasteiger partial charge in [-0.25, -0.2) is 8.42 Å². The lowest BCUT2D eigenvalue weighted by Gasteiger charge is -2.11. The van der Waals surface area contributed by atoms with Crippen molar-refractivity contribution in [1.82, 2.24) is 0 Å². The Morgan fingerprint density at radius 1 is 1.29 bits per heavy atom. The van der Waals surface area contributed by atoms with Crippen molar-refractivity contribution in [2.24, 2.45) is 0 Å². The highest BCUT2D eigenvalue weighted by Gasteiger charge is 2.11. The Morgan fingerprint density at radius 2 is 1.88 bits per heavy atom. The minimum Gasteiger partial charge on any atom is -0.494 e. The molecule has 1 unspecified atom stereocenters. The van der Waals surface area contributed by atoms with Crippen LogP contribution in [0.2, 0.25) is 0 Å². The molecule has 0 radical (unpaired) electrons. The van der Waals surface area contributed by atoms with Crippen LogP contribution >= 0.6 is 0 Å². The third-order valence-electron chi connectivity index (χ3n) is 2.34. The number of ether oxygens (including phenoxy) is 1. The molecule has 4 nitrogen and oxygen atoms in total. The summed E-state index contributed by atoms with van der Waals surface area (Å²) >= 11 is 0. The number of hydrogen-bond acceptors (Lipinski definition) is 4. The Bertz CT molecular complexity index is 436. The Kier molecular flexibility index (Phi) is 4.96. The minimum atomic E-state index is -3.03. The summed E-state index contributed by atoms with van der Waals surface area (Å²) in [5.74, 6) is 0.730. The first-order valence-electron chi connectivity index (χ1n) is 5.51. The van der Waals surface area contributed by atoms with Crippen molar-refractivity contribution >= 4 is 9.84 Å². The zero-order chi connectivity index (χ0) is 12.9. The van der Waals surface area contributed by atoms with Crippen LogP contribution in [0.25, 0.3) is 0 Å². The first kappa shape index (κ1) is 14.0. The molecule has 0 spiro atoms. The number of hydrogen-bond donors (Lipinski definition) is 1. The first-order valence-corrected chi connectivity index (χ1v) is 7.57. The fourth-order valence-corrected chi connectivity index (χ4v) is 2.10. The average molecular weight is 258 g/mol. The Hall–Kier alpha value is -1.07. The van der Waals surface area contributed by atoms with Crippen LogP contribution in [-0.2, 0) is 9.84 Å². The number of sulfone groups is 1. The molecule has 0 aliphatic rings. The molecule has 96 valence electrons. The normalized spacial score (nSPS) is 13.4. The zero-order valence-corrected chi connectivity index (χ0v) is 10.9. The van der Waals surface area contributed by atoms with E-state index in [1.807, 2.05) is 6.92 Å². The van der Waals surface area contributed by atoms with Crippen molar-refractivity contribution in [3.8, 4) is 5.75 Å². The lowest BCUT2D eigenvalue weighted by molar-refractivity contribution is 0.174. The molecule has 0 amide bonds. The molecule has 0 aliphatic heterocycles. The van der Waals surface area contributed by atoms with E-state index in [2.05, 4.69) is 0 Å². The smallest absolute Gasteiger partial charge is 0.147 e. The summed E-state index contributed by atoms with van der Waals surface area (Å²) in [6, 6.07) is 7.03. The molecular formula is C12H18O4S. The first-order chi connectivity index (χ1) is 7.92. The minimum absolute atomic E-state index is 0.0125. The molecule has 1 rings (SSSR count). The van der Waals surface area contributed by atoms with Gasteiger partial charge in [0, 0.05) is 6.26 Å². The van der Waals surface area contributed by atoms with E-state index in [0.29, 0.717) is 12.2 Å². The topological polar surface area (TPSA) is 63.6 Å². The summed E-state index contributed by atoms with van der Waals surface area (Å²) < 4.78 is 27.2. The summed E-state index contributed by atoms with van der Waals surface area (Å²) in [5.41, 5.74) is 0.706. The van der Waals surface area contributed by atoms with E-state index in [1.165, 1.54) is 0 Å². The van der Waals surface area contributed by atoms with Gasteiger partial charge in [0.25, 0.3) is 0 Å². The Morgan fingerprint density at radius 3 is 2.35 bits per heavy atom. The van der Waals surface area contributed by atoms with Crippen LogP contribution < -0.4 is 4.74 Å². The van der Waals surface area contributed by atoms with E-state index in [1.54, 1.807) is 24.3 Å². The molecule has 0 saturated heterocycles. The van der Waals surface area contributed by atoms with Crippen LogP contribution in [0, 0.1) is 0 Å². The maximum absolute atomic E-state index is 11.0. The van der Waals surface area contributed by atoms with Crippen LogP contribution in [0.5, 0.6) is 5.75 Å². The van der Waals surface area contributed by atoms with Gasteiger partial charge in [0.2, 0.25) is 0 Å². The van der Waals surface area contributed by atoms with Crippen LogP contribution in [-0.4, -0.2) is 32.1 Å². The predicted octanol–water partition coefficient (Wildman–Crippen LogP) is 1.55. The summed E-state index contributed by atoms with van der Waals surface area (Å²) in [7, 11) is -3.03. The average Bonchev–Trinajstić information content (AvgIpc) is 2.26. The highest BCUT2D eigenvalue weighted by atomic mass is 32.2. The van der Waals surface area contributed by atoms with Crippen molar-refractivity contribution in [1.29, 1.82) is 0 Å². The fourth-order valence-electron chi connectivity index (χ4n) is 1.45. The van der Waals surface area contributed by atoms with Crippen LogP contribution in [0.3, 0.4) is 0 Å². The molecule has 1 aromatic rings. The number of aliphatic hydroxyl groups excluding tert-OH is 1. The van der Waals surface area contributed by atoms with Gasteiger partial charge in [-0.1, -0.05) is 12.1 Å². The molecule has 1 aromatic carbocycles. The van der Waals surface area contributed by atoms with Gasteiger partial charge >= 0.3 is 0 Å². The number of rotatable bonds is 6. The van der Waals surface area contributed by atoms with E-state index in [0.717, 1.165) is 12.0 Å². The highest BCUT2D eigenvalue weighted by Crippen LogP contribution is 2.20. The molecule has 0 heterocycles. The molecule has 1 N–H and O–H groups in total. The lowest BCUT2D eigenvalue weighted by Crippen LogP contribution is -2.08. The summed E-state index contributed by atoms with van der Waals surface area (Å²) in [5, 5.41) is 9.80. The van der Waals surface area contributed by atoms with Crippen molar-refractivity contribution < 1.29 is 18.3 Å². The number of aliphatic hydroxyl groups is 1. The van der Waals surface area contributed by atoms with Gasteiger partial charge in [-0.05, 0) is 31.0 Å². The maximum atomic E-state index is 11.0. The zero-order valence-electron chi connectivity index (χ0n) is 10.1. The Labute approximate surface area is 102 Å². The van der Waals surface area contributed by atoms with Gasteiger partial charge < -0.3 is 9.84 Å². The molecule has 5 heteroatoms. The van der Waals surface area contributed by atoms with Gasteiger partial charge in [-0.15, -0.1) is 0 Å². The second-order valence-corrected chi connectivity index (χ2v) is 6.20. The maximum Gasteiger partial charge on any atom is 0.147 e.